The molecule has 0 saturated carbocycles. The van der Waals surface area contributed by atoms with Gasteiger partial charge in [0.2, 0.25) is 0 Å². The zero-order valence-corrected chi connectivity index (χ0v) is 15.3. The van der Waals surface area contributed by atoms with Crippen LogP contribution in [0.15, 0.2) is 30.4 Å². The molecule has 7 heteroatoms. The second-order valence-corrected chi connectivity index (χ2v) is 6.24. The molecular formula is C20H24O7. The summed E-state index contributed by atoms with van der Waals surface area (Å²) in [5.74, 6) is -1.25. The summed E-state index contributed by atoms with van der Waals surface area (Å²) in [5.41, 5.74) is 0.324. The molecule has 1 aliphatic heterocycles. The maximum absolute atomic E-state index is 12.6. The van der Waals surface area contributed by atoms with Crippen LogP contribution in [0, 0.1) is 0 Å². The number of aliphatic hydroxyl groups is 2. The van der Waals surface area contributed by atoms with Crippen molar-refractivity contribution < 1.29 is 34.4 Å². The maximum atomic E-state index is 12.6. The van der Waals surface area contributed by atoms with Gasteiger partial charge in [-0.3, -0.25) is 4.79 Å². The summed E-state index contributed by atoms with van der Waals surface area (Å²) in [6.45, 7) is 1.82. The quantitative estimate of drug-likeness (QED) is 0.677. The Bertz CT molecular complexity index is 751. The molecule has 0 bridgehead atoms. The molecule has 3 N–H and O–H groups in total. The van der Waals surface area contributed by atoms with Crippen molar-refractivity contribution in [2.24, 2.45) is 0 Å². The molecule has 0 aliphatic carbocycles. The Labute approximate surface area is 157 Å². The summed E-state index contributed by atoms with van der Waals surface area (Å²) in [7, 11) is 1.43. The zero-order chi connectivity index (χ0) is 20.0. The third-order valence-corrected chi connectivity index (χ3v) is 4.30. The fourth-order valence-corrected chi connectivity index (χ4v) is 2.69. The number of methoxy groups -OCH3 is 1. The lowest BCUT2D eigenvalue weighted by molar-refractivity contribution is -0.127. The van der Waals surface area contributed by atoms with E-state index in [1.54, 1.807) is 6.07 Å². The van der Waals surface area contributed by atoms with E-state index >= 15 is 0 Å². The van der Waals surface area contributed by atoms with E-state index in [2.05, 4.69) is 0 Å². The van der Waals surface area contributed by atoms with Crippen molar-refractivity contribution in [2.75, 3.05) is 7.11 Å². The second-order valence-electron chi connectivity index (χ2n) is 6.24. The van der Waals surface area contributed by atoms with Gasteiger partial charge in [0.1, 0.15) is 29.3 Å². The van der Waals surface area contributed by atoms with Crippen LogP contribution in [0.4, 0.5) is 0 Å². The van der Waals surface area contributed by atoms with Crippen molar-refractivity contribution in [1.82, 2.24) is 0 Å². The number of esters is 1. The molecule has 0 unspecified atom stereocenters. The standard InChI is InChI=1S/C20H24O7/c1-3-13-7-5-9-16(22)19(24)15(21)8-4-6-12-10-14(26-2)11-17(23)18(12)20(25)27-13/h4-6,9-11,13,15,19,21,23-24H,3,7-8H2,1-2H3/b6-4+,9-5-/t13-,15+,19+/m0/s1. The average Bonchev–Trinajstić information content (AvgIpc) is 2.64. The highest BCUT2D eigenvalue weighted by Gasteiger charge is 2.24. The number of carbonyl (C=O) groups excluding carboxylic acids is 2. The predicted octanol–water partition coefficient (Wildman–Crippen LogP) is 1.99. The van der Waals surface area contributed by atoms with Gasteiger partial charge in [0.15, 0.2) is 5.78 Å². The van der Waals surface area contributed by atoms with Gasteiger partial charge in [0.05, 0.1) is 13.2 Å². The summed E-state index contributed by atoms with van der Waals surface area (Å²) >= 11 is 0. The summed E-state index contributed by atoms with van der Waals surface area (Å²) < 4.78 is 10.6. The van der Waals surface area contributed by atoms with Crippen molar-refractivity contribution in [1.29, 1.82) is 0 Å². The van der Waals surface area contributed by atoms with Crippen LogP contribution in [0.5, 0.6) is 11.5 Å². The first-order valence-corrected chi connectivity index (χ1v) is 8.72. The summed E-state index contributed by atoms with van der Waals surface area (Å²) in [5, 5.41) is 30.2. The molecule has 0 saturated heterocycles. The number of fused-ring (bicyclic) bond motifs is 1. The van der Waals surface area contributed by atoms with Crippen molar-refractivity contribution in [3.8, 4) is 11.5 Å². The molecule has 0 spiro atoms. The fraction of sp³-hybridized carbons (Fsp3) is 0.400. The molecule has 0 radical (unpaired) electrons. The van der Waals surface area contributed by atoms with Crippen LogP contribution in [0.25, 0.3) is 6.08 Å². The predicted molar refractivity (Wildman–Crippen MR) is 98.6 cm³/mol. The average molecular weight is 376 g/mol. The van der Waals surface area contributed by atoms with Crippen LogP contribution in [0.3, 0.4) is 0 Å². The second kappa shape index (κ2) is 9.34. The molecule has 3 atom stereocenters. The number of rotatable bonds is 2. The largest absolute Gasteiger partial charge is 0.507 e. The Morgan fingerprint density at radius 3 is 2.52 bits per heavy atom. The van der Waals surface area contributed by atoms with E-state index in [9.17, 15) is 24.9 Å². The Morgan fingerprint density at radius 1 is 1.15 bits per heavy atom. The van der Waals surface area contributed by atoms with E-state index in [-0.39, 0.29) is 24.2 Å². The first-order valence-electron chi connectivity index (χ1n) is 8.72. The van der Waals surface area contributed by atoms with Crippen LogP contribution in [0.2, 0.25) is 0 Å². The number of hydrogen-bond donors (Lipinski definition) is 3. The normalized spacial score (nSPS) is 26.4. The number of carbonyl (C=O) groups is 2. The Hall–Kier alpha value is -2.64. The molecule has 146 valence electrons. The molecular weight excluding hydrogens is 352 g/mol. The van der Waals surface area contributed by atoms with Gasteiger partial charge in [-0.25, -0.2) is 4.79 Å². The Morgan fingerprint density at radius 2 is 1.85 bits per heavy atom. The van der Waals surface area contributed by atoms with E-state index in [0.717, 1.165) is 0 Å². The lowest BCUT2D eigenvalue weighted by Gasteiger charge is -2.18. The van der Waals surface area contributed by atoms with Gasteiger partial charge in [-0.05, 0) is 30.5 Å². The van der Waals surface area contributed by atoms with Crippen molar-refractivity contribution in [3.05, 3.63) is 41.5 Å². The molecule has 0 amide bonds. The van der Waals surface area contributed by atoms with Crippen LogP contribution in [0.1, 0.15) is 42.1 Å². The molecule has 7 nitrogen and oxygen atoms in total. The third-order valence-electron chi connectivity index (χ3n) is 4.30. The van der Waals surface area contributed by atoms with E-state index < -0.39 is 30.1 Å². The first-order chi connectivity index (χ1) is 12.9. The minimum atomic E-state index is -1.55. The highest BCUT2D eigenvalue weighted by Crippen LogP contribution is 2.30. The SMILES string of the molecule is CC[C@H]1C/C=C\C(=O)[C@H](O)[C@H](O)C/C=C/c2cc(OC)cc(O)c2C(=O)O1. The summed E-state index contributed by atoms with van der Waals surface area (Å²) in [6, 6.07) is 2.86. The van der Waals surface area contributed by atoms with Gasteiger partial charge < -0.3 is 24.8 Å². The number of ketones is 1. The molecule has 0 aromatic heterocycles. The van der Waals surface area contributed by atoms with Crippen molar-refractivity contribution in [2.45, 2.75) is 44.5 Å². The summed E-state index contributed by atoms with van der Waals surface area (Å²) in [6.07, 6.45) is 3.06. The van der Waals surface area contributed by atoms with E-state index in [4.69, 9.17) is 9.47 Å². The third kappa shape index (κ3) is 5.18. The van der Waals surface area contributed by atoms with Crippen LogP contribution in [-0.4, -0.2) is 52.5 Å². The molecule has 1 aromatic carbocycles. The summed E-state index contributed by atoms with van der Waals surface area (Å²) in [4.78, 5) is 24.5. The molecule has 2 rings (SSSR count). The molecule has 1 heterocycles. The van der Waals surface area contributed by atoms with Crippen molar-refractivity contribution >= 4 is 17.8 Å². The number of aromatic hydroxyl groups is 1. The van der Waals surface area contributed by atoms with Crippen molar-refractivity contribution in [3.63, 3.8) is 0 Å². The van der Waals surface area contributed by atoms with Gasteiger partial charge in [-0.15, -0.1) is 0 Å². The van der Waals surface area contributed by atoms with Gasteiger partial charge >= 0.3 is 5.97 Å². The number of phenolic OH excluding ortho intramolecular Hbond substituents is 1. The zero-order valence-electron chi connectivity index (χ0n) is 15.3. The number of phenols is 1. The minimum Gasteiger partial charge on any atom is -0.507 e. The van der Waals surface area contributed by atoms with E-state index in [1.165, 1.54) is 37.5 Å². The highest BCUT2D eigenvalue weighted by atomic mass is 16.5. The molecule has 27 heavy (non-hydrogen) atoms. The number of benzene rings is 1. The van der Waals surface area contributed by atoms with Gasteiger partial charge in [-0.2, -0.15) is 0 Å². The Balaban J connectivity index is 2.47. The lowest BCUT2D eigenvalue weighted by atomic mass is 10.0. The van der Waals surface area contributed by atoms with Gasteiger partial charge in [-0.1, -0.05) is 25.2 Å². The minimum absolute atomic E-state index is 0.0161. The maximum Gasteiger partial charge on any atom is 0.342 e. The lowest BCUT2D eigenvalue weighted by Crippen LogP contribution is -2.32. The highest BCUT2D eigenvalue weighted by molar-refractivity contribution is 5.97. The molecule has 0 fully saturated rings. The van der Waals surface area contributed by atoms with E-state index in [0.29, 0.717) is 17.7 Å². The monoisotopic (exact) mass is 376 g/mol. The Kier molecular flexibility index (Phi) is 7.15. The smallest absolute Gasteiger partial charge is 0.342 e. The molecule has 1 aromatic rings. The fourth-order valence-electron chi connectivity index (χ4n) is 2.69. The van der Waals surface area contributed by atoms with Crippen LogP contribution >= 0.6 is 0 Å². The number of hydrogen-bond acceptors (Lipinski definition) is 7. The number of cyclic esters (lactones) is 1. The van der Waals surface area contributed by atoms with Crippen LogP contribution in [-0.2, 0) is 9.53 Å². The number of aliphatic hydroxyl groups excluding tert-OH is 2. The topological polar surface area (TPSA) is 113 Å². The van der Waals surface area contributed by atoms with E-state index in [1.807, 2.05) is 6.92 Å². The van der Waals surface area contributed by atoms with Gasteiger partial charge in [0.25, 0.3) is 0 Å². The van der Waals surface area contributed by atoms with Crippen LogP contribution < -0.4 is 4.74 Å². The first kappa shape index (κ1) is 20.7. The van der Waals surface area contributed by atoms with Gasteiger partial charge in [0, 0.05) is 12.5 Å². The number of ether oxygens (including phenoxy) is 2. The molecule has 1 aliphatic rings.